The zero-order valence-electron chi connectivity index (χ0n) is 25.3. The SMILES string of the molecule is CN1Cc2cc3ccccc3nc2/C1=C/C1=C(C=O)COC(=O)C1OC(=O)/C=C/c1ccccc1B1OC(C)(C)C(C)(C)O1. The molecule has 1 saturated heterocycles. The quantitative estimate of drug-likeness (QED) is 0.182. The molecule has 0 spiro atoms. The molecule has 6 rings (SSSR count). The van der Waals surface area contributed by atoms with Crippen LogP contribution in [0.1, 0.15) is 44.5 Å². The highest BCUT2D eigenvalue weighted by molar-refractivity contribution is 6.63. The number of hydrogen-bond donors (Lipinski definition) is 0. The van der Waals surface area contributed by atoms with Crippen molar-refractivity contribution in [3.05, 3.63) is 94.7 Å². The van der Waals surface area contributed by atoms with Crippen LogP contribution in [-0.4, -0.2) is 66.2 Å². The lowest BCUT2D eigenvalue weighted by atomic mass is 9.76. The Morgan fingerprint density at radius 2 is 1.77 bits per heavy atom. The largest absolute Gasteiger partial charge is 0.495 e. The van der Waals surface area contributed by atoms with Gasteiger partial charge in [-0.15, -0.1) is 0 Å². The molecule has 3 aliphatic heterocycles. The third-order valence-corrected chi connectivity index (χ3v) is 8.67. The summed E-state index contributed by atoms with van der Waals surface area (Å²) in [5, 5.41) is 1.02. The molecule has 1 unspecified atom stereocenters. The van der Waals surface area contributed by atoms with E-state index in [0.29, 0.717) is 24.1 Å². The normalized spacial score (nSPS) is 21.7. The minimum Gasteiger partial charge on any atom is -0.458 e. The molecule has 224 valence electrons. The van der Waals surface area contributed by atoms with Crippen molar-refractivity contribution in [2.75, 3.05) is 13.7 Å². The lowest BCUT2D eigenvalue weighted by Gasteiger charge is -2.32. The van der Waals surface area contributed by atoms with Crippen LogP contribution in [0, 0.1) is 0 Å². The van der Waals surface area contributed by atoms with Gasteiger partial charge in [0.05, 0.1) is 28.1 Å². The smallest absolute Gasteiger partial charge is 0.458 e. The standard InChI is InChI=1S/C34H33BN2O7/c1-33(2)34(3,4)44-35(43-33)26-12-8-6-10-21(26)14-15-29(39)42-31-25(24(19-38)20-41-32(31)40)17-28-30-23(18-37(28)5)16-22-11-7-9-13-27(22)36-30/h6-17,19,31H,18,20H2,1-5H3/b15-14+,28-17-. The summed E-state index contributed by atoms with van der Waals surface area (Å²) >= 11 is 0. The number of benzene rings is 2. The molecule has 0 radical (unpaired) electrons. The molecule has 0 amide bonds. The molecule has 9 nitrogen and oxygen atoms in total. The van der Waals surface area contributed by atoms with Crippen LogP contribution in [0.2, 0.25) is 0 Å². The van der Waals surface area contributed by atoms with Crippen molar-refractivity contribution in [2.24, 2.45) is 0 Å². The number of fused-ring (bicyclic) bond motifs is 2. The summed E-state index contributed by atoms with van der Waals surface area (Å²) in [5.41, 5.74) is 4.17. The maximum atomic E-state index is 13.1. The van der Waals surface area contributed by atoms with Crippen LogP contribution < -0.4 is 5.46 Å². The number of para-hydroxylation sites is 1. The van der Waals surface area contributed by atoms with Crippen molar-refractivity contribution < 1.29 is 33.2 Å². The van der Waals surface area contributed by atoms with Crippen molar-refractivity contribution in [3.63, 3.8) is 0 Å². The van der Waals surface area contributed by atoms with Crippen LogP contribution >= 0.6 is 0 Å². The van der Waals surface area contributed by atoms with E-state index in [9.17, 15) is 14.4 Å². The highest BCUT2D eigenvalue weighted by atomic mass is 16.7. The lowest BCUT2D eigenvalue weighted by Crippen LogP contribution is -2.41. The van der Waals surface area contributed by atoms with Crippen LogP contribution in [0.15, 0.2) is 77.9 Å². The third kappa shape index (κ3) is 5.35. The highest BCUT2D eigenvalue weighted by Crippen LogP contribution is 2.37. The molecule has 2 aromatic carbocycles. The molecular weight excluding hydrogens is 559 g/mol. The zero-order chi connectivity index (χ0) is 31.2. The van der Waals surface area contributed by atoms with Gasteiger partial charge in [0, 0.05) is 36.2 Å². The predicted octanol–water partition coefficient (Wildman–Crippen LogP) is 4.00. The molecule has 0 bridgehead atoms. The van der Waals surface area contributed by atoms with Crippen molar-refractivity contribution in [1.82, 2.24) is 9.88 Å². The Hall–Kier alpha value is -4.54. The summed E-state index contributed by atoms with van der Waals surface area (Å²) in [7, 11) is 1.28. The average Bonchev–Trinajstić information content (AvgIpc) is 3.41. The number of hydrogen-bond acceptors (Lipinski definition) is 9. The van der Waals surface area contributed by atoms with E-state index in [1.165, 1.54) is 6.08 Å². The average molecular weight is 592 g/mol. The summed E-state index contributed by atoms with van der Waals surface area (Å²) in [4.78, 5) is 45.0. The van der Waals surface area contributed by atoms with Gasteiger partial charge in [-0.25, -0.2) is 14.6 Å². The number of aromatic nitrogens is 1. The molecule has 44 heavy (non-hydrogen) atoms. The lowest BCUT2D eigenvalue weighted by molar-refractivity contribution is -0.163. The number of esters is 2. The second-order valence-electron chi connectivity index (χ2n) is 12.1. The number of ether oxygens (including phenoxy) is 2. The van der Waals surface area contributed by atoms with Gasteiger partial charge in [0.2, 0.25) is 6.10 Å². The topological polar surface area (TPSA) is 104 Å². The number of carbonyl (C=O) groups is 3. The second kappa shape index (κ2) is 11.2. The Labute approximate surface area is 256 Å². The number of pyridine rings is 1. The van der Waals surface area contributed by atoms with Gasteiger partial charge in [0.15, 0.2) is 0 Å². The van der Waals surface area contributed by atoms with Gasteiger partial charge < -0.3 is 23.7 Å². The monoisotopic (exact) mass is 592 g/mol. The minimum atomic E-state index is -1.43. The summed E-state index contributed by atoms with van der Waals surface area (Å²) in [6, 6.07) is 17.3. The zero-order valence-corrected chi connectivity index (χ0v) is 25.3. The highest BCUT2D eigenvalue weighted by Gasteiger charge is 2.52. The van der Waals surface area contributed by atoms with Gasteiger partial charge in [-0.2, -0.15) is 0 Å². The van der Waals surface area contributed by atoms with Gasteiger partial charge in [0.25, 0.3) is 0 Å². The number of carbonyl (C=O) groups excluding carboxylic acids is 3. The van der Waals surface area contributed by atoms with E-state index in [1.807, 2.05) is 88.2 Å². The molecule has 1 fully saturated rings. The molecular formula is C34H33BN2O7. The molecule has 1 aromatic heterocycles. The van der Waals surface area contributed by atoms with Gasteiger partial charge in [-0.1, -0.05) is 42.5 Å². The van der Waals surface area contributed by atoms with Crippen molar-refractivity contribution >= 4 is 53.5 Å². The Morgan fingerprint density at radius 1 is 1.07 bits per heavy atom. The Bertz CT molecular complexity index is 1760. The van der Waals surface area contributed by atoms with Crippen LogP contribution in [0.4, 0.5) is 0 Å². The van der Waals surface area contributed by atoms with Gasteiger partial charge in [-0.05, 0) is 68.6 Å². The number of nitrogens with zero attached hydrogens (tertiary/aromatic N) is 2. The fourth-order valence-electron chi connectivity index (χ4n) is 5.50. The maximum Gasteiger partial charge on any atom is 0.495 e. The van der Waals surface area contributed by atoms with Gasteiger partial charge in [0.1, 0.15) is 12.9 Å². The van der Waals surface area contributed by atoms with Crippen LogP contribution in [-0.2, 0) is 39.7 Å². The predicted molar refractivity (Wildman–Crippen MR) is 166 cm³/mol. The minimum absolute atomic E-state index is 0.214. The molecule has 0 N–H and O–H groups in total. The molecule has 3 aromatic rings. The summed E-state index contributed by atoms with van der Waals surface area (Å²) in [5.74, 6) is -1.53. The van der Waals surface area contributed by atoms with E-state index in [4.69, 9.17) is 23.8 Å². The number of cyclic esters (lactones) is 1. The first-order valence-electron chi connectivity index (χ1n) is 14.5. The van der Waals surface area contributed by atoms with E-state index < -0.39 is 36.4 Å². The van der Waals surface area contributed by atoms with E-state index in [1.54, 1.807) is 12.2 Å². The van der Waals surface area contributed by atoms with E-state index in [2.05, 4.69) is 6.07 Å². The fourth-order valence-corrected chi connectivity index (χ4v) is 5.50. The van der Waals surface area contributed by atoms with E-state index in [0.717, 1.165) is 27.6 Å². The number of rotatable bonds is 6. The Morgan fingerprint density at radius 3 is 2.52 bits per heavy atom. The Balaban J connectivity index is 1.28. The third-order valence-electron chi connectivity index (χ3n) is 8.67. The fraction of sp³-hybridized carbons (Fsp3) is 0.294. The van der Waals surface area contributed by atoms with Gasteiger partial charge in [-0.3, -0.25) is 4.79 Å². The Kier molecular flexibility index (Phi) is 7.51. The summed E-state index contributed by atoms with van der Waals surface area (Å²) in [6.07, 6.45) is 3.73. The first-order valence-corrected chi connectivity index (χ1v) is 14.5. The number of aldehydes is 1. The summed E-state index contributed by atoms with van der Waals surface area (Å²) < 4.78 is 23.3. The van der Waals surface area contributed by atoms with Gasteiger partial charge >= 0.3 is 19.1 Å². The van der Waals surface area contributed by atoms with Crippen LogP contribution in [0.25, 0.3) is 22.7 Å². The molecule has 1 atom stereocenters. The first-order chi connectivity index (χ1) is 21.0. The van der Waals surface area contributed by atoms with Crippen molar-refractivity contribution in [2.45, 2.75) is 51.5 Å². The first kappa shape index (κ1) is 29.5. The summed E-state index contributed by atoms with van der Waals surface area (Å²) in [6.45, 7) is 8.28. The van der Waals surface area contributed by atoms with Crippen LogP contribution in [0.5, 0.6) is 0 Å². The molecule has 0 aliphatic carbocycles. The van der Waals surface area contributed by atoms with E-state index in [-0.39, 0.29) is 17.8 Å². The maximum absolute atomic E-state index is 13.1. The molecule has 0 saturated carbocycles. The van der Waals surface area contributed by atoms with E-state index >= 15 is 0 Å². The molecule has 4 heterocycles. The molecule has 3 aliphatic rings. The molecule has 10 heteroatoms. The van der Waals surface area contributed by atoms with Crippen molar-refractivity contribution in [3.8, 4) is 0 Å². The second-order valence-corrected chi connectivity index (χ2v) is 12.1. The van der Waals surface area contributed by atoms with Crippen LogP contribution in [0.3, 0.4) is 0 Å². The van der Waals surface area contributed by atoms with Crippen molar-refractivity contribution in [1.29, 1.82) is 0 Å².